The molecular formula is C18H24N2O2. The van der Waals surface area contributed by atoms with Crippen LogP contribution in [0.3, 0.4) is 0 Å². The maximum atomic E-state index is 12.8. The second-order valence-corrected chi connectivity index (χ2v) is 6.06. The van der Waals surface area contributed by atoms with Crippen molar-refractivity contribution in [2.75, 3.05) is 0 Å². The van der Waals surface area contributed by atoms with Crippen molar-refractivity contribution in [1.82, 2.24) is 9.88 Å². The molecule has 1 amide bonds. The number of benzene rings is 1. The van der Waals surface area contributed by atoms with E-state index in [1.165, 1.54) is 6.39 Å². The highest BCUT2D eigenvalue weighted by Gasteiger charge is 2.26. The first-order valence-electron chi connectivity index (χ1n) is 7.75. The molecule has 0 N–H and O–H groups in total. The second-order valence-electron chi connectivity index (χ2n) is 6.06. The third-order valence-corrected chi connectivity index (χ3v) is 3.78. The van der Waals surface area contributed by atoms with E-state index in [1.54, 1.807) is 6.20 Å². The van der Waals surface area contributed by atoms with Crippen molar-refractivity contribution in [3.63, 3.8) is 0 Å². The Morgan fingerprint density at radius 2 is 1.77 bits per heavy atom. The molecule has 0 aliphatic rings. The minimum absolute atomic E-state index is 0.101. The molecule has 0 saturated carbocycles. The number of carbonyl (C=O) groups is 1. The molecule has 4 heteroatoms. The summed E-state index contributed by atoms with van der Waals surface area (Å²) in [4.78, 5) is 18.7. The molecule has 2 rings (SSSR count). The monoisotopic (exact) mass is 300 g/mol. The van der Waals surface area contributed by atoms with Crippen LogP contribution in [0.5, 0.6) is 0 Å². The number of oxazole rings is 1. The fourth-order valence-electron chi connectivity index (χ4n) is 2.92. The number of aromatic nitrogens is 1. The molecule has 1 heterocycles. The maximum absolute atomic E-state index is 12.8. The van der Waals surface area contributed by atoms with Crippen molar-refractivity contribution in [2.24, 2.45) is 0 Å². The highest BCUT2D eigenvalue weighted by Crippen LogP contribution is 2.29. The van der Waals surface area contributed by atoms with Gasteiger partial charge >= 0.3 is 0 Å². The van der Waals surface area contributed by atoms with Crippen LogP contribution in [0.15, 0.2) is 47.3 Å². The van der Waals surface area contributed by atoms with Gasteiger partial charge in [-0.2, -0.15) is 0 Å². The van der Waals surface area contributed by atoms with Crippen LogP contribution in [0.1, 0.15) is 51.4 Å². The third kappa shape index (κ3) is 3.75. The summed E-state index contributed by atoms with van der Waals surface area (Å²) in [7, 11) is 0. The molecule has 0 aliphatic carbocycles. The molecular weight excluding hydrogens is 276 g/mol. The summed E-state index contributed by atoms with van der Waals surface area (Å²) in [6.07, 6.45) is 3.49. The highest BCUT2D eigenvalue weighted by molar-refractivity contribution is 5.78. The summed E-state index contributed by atoms with van der Waals surface area (Å²) in [5, 5.41) is 0. The Kier molecular flexibility index (Phi) is 5.36. The Balaban J connectivity index is 2.26. The first-order valence-corrected chi connectivity index (χ1v) is 7.75. The number of hydrogen-bond donors (Lipinski definition) is 0. The normalized spacial score (nSPS) is 12.6. The Morgan fingerprint density at radius 3 is 2.27 bits per heavy atom. The fourth-order valence-corrected chi connectivity index (χ4v) is 2.92. The van der Waals surface area contributed by atoms with Gasteiger partial charge < -0.3 is 9.32 Å². The van der Waals surface area contributed by atoms with E-state index in [4.69, 9.17) is 4.42 Å². The SMILES string of the molecule is CC(C)N(C(=O)CC(c1ccccc1)c1cnco1)C(C)C. The quantitative estimate of drug-likeness (QED) is 0.814. The van der Waals surface area contributed by atoms with Gasteiger partial charge in [0.25, 0.3) is 0 Å². The summed E-state index contributed by atoms with van der Waals surface area (Å²) >= 11 is 0. The Morgan fingerprint density at radius 1 is 1.14 bits per heavy atom. The number of rotatable bonds is 6. The van der Waals surface area contributed by atoms with Gasteiger partial charge in [0, 0.05) is 18.5 Å². The summed E-state index contributed by atoms with van der Waals surface area (Å²) < 4.78 is 5.47. The highest BCUT2D eigenvalue weighted by atomic mass is 16.3. The van der Waals surface area contributed by atoms with Crippen molar-refractivity contribution < 1.29 is 9.21 Å². The molecule has 22 heavy (non-hydrogen) atoms. The molecule has 1 atom stereocenters. The topological polar surface area (TPSA) is 46.3 Å². The lowest BCUT2D eigenvalue weighted by molar-refractivity contribution is -0.135. The van der Waals surface area contributed by atoms with E-state index in [-0.39, 0.29) is 23.9 Å². The first-order chi connectivity index (χ1) is 10.5. The van der Waals surface area contributed by atoms with Gasteiger partial charge in [0.2, 0.25) is 5.91 Å². The Labute approximate surface area is 132 Å². The second kappa shape index (κ2) is 7.25. The van der Waals surface area contributed by atoms with E-state index in [2.05, 4.69) is 4.98 Å². The minimum atomic E-state index is -0.101. The van der Waals surface area contributed by atoms with Crippen LogP contribution in [-0.4, -0.2) is 27.9 Å². The smallest absolute Gasteiger partial charge is 0.224 e. The molecule has 0 saturated heterocycles. The summed E-state index contributed by atoms with van der Waals surface area (Å²) in [6, 6.07) is 10.3. The van der Waals surface area contributed by atoms with E-state index in [0.29, 0.717) is 6.42 Å². The largest absolute Gasteiger partial charge is 0.448 e. The van der Waals surface area contributed by atoms with Crippen molar-refractivity contribution in [3.8, 4) is 0 Å². The number of hydrogen-bond acceptors (Lipinski definition) is 3. The molecule has 1 aromatic heterocycles. The van der Waals surface area contributed by atoms with Gasteiger partial charge in [-0.1, -0.05) is 30.3 Å². The lowest BCUT2D eigenvalue weighted by Gasteiger charge is -2.32. The molecule has 4 nitrogen and oxygen atoms in total. The van der Waals surface area contributed by atoms with Crippen LogP contribution < -0.4 is 0 Å². The molecule has 0 bridgehead atoms. The van der Waals surface area contributed by atoms with E-state index in [9.17, 15) is 4.79 Å². The predicted molar refractivity (Wildman–Crippen MR) is 86.5 cm³/mol. The standard InChI is InChI=1S/C18H24N2O2/c1-13(2)20(14(3)4)18(21)10-16(17-11-19-12-22-17)15-8-6-5-7-9-15/h5-9,11-14,16H,10H2,1-4H3. The van der Waals surface area contributed by atoms with Crippen LogP contribution in [0.25, 0.3) is 0 Å². The number of amides is 1. The summed E-state index contributed by atoms with van der Waals surface area (Å²) in [5.74, 6) is 0.762. The van der Waals surface area contributed by atoms with Crippen LogP contribution in [0.2, 0.25) is 0 Å². The van der Waals surface area contributed by atoms with E-state index >= 15 is 0 Å². The van der Waals surface area contributed by atoms with E-state index in [0.717, 1.165) is 11.3 Å². The Hall–Kier alpha value is -2.10. The number of carbonyl (C=O) groups excluding carboxylic acids is 1. The van der Waals surface area contributed by atoms with Crippen molar-refractivity contribution >= 4 is 5.91 Å². The molecule has 0 fully saturated rings. The van der Waals surface area contributed by atoms with Gasteiger partial charge in [-0.25, -0.2) is 4.98 Å². The van der Waals surface area contributed by atoms with Crippen LogP contribution in [0.4, 0.5) is 0 Å². The molecule has 0 radical (unpaired) electrons. The average molecular weight is 300 g/mol. The lowest BCUT2D eigenvalue weighted by Crippen LogP contribution is -2.42. The van der Waals surface area contributed by atoms with E-state index in [1.807, 2.05) is 62.9 Å². The van der Waals surface area contributed by atoms with E-state index < -0.39 is 0 Å². The summed E-state index contributed by atoms with van der Waals surface area (Å²) in [6.45, 7) is 8.18. The lowest BCUT2D eigenvalue weighted by atomic mass is 9.92. The molecule has 2 aromatic rings. The molecule has 0 spiro atoms. The van der Waals surface area contributed by atoms with Crippen molar-refractivity contribution in [1.29, 1.82) is 0 Å². The average Bonchev–Trinajstić information content (AvgIpc) is 2.98. The minimum Gasteiger partial charge on any atom is -0.448 e. The van der Waals surface area contributed by atoms with Crippen molar-refractivity contribution in [2.45, 2.75) is 52.1 Å². The first kappa shape index (κ1) is 16.3. The molecule has 118 valence electrons. The van der Waals surface area contributed by atoms with Crippen LogP contribution in [-0.2, 0) is 4.79 Å². The molecule has 0 aliphatic heterocycles. The summed E-state index contributed by atoms with van der Waals surface area (Å²) in [5.41, 5.74) is 1.07. The zero-order valence-electron chi connectivity index (χ0n) is 13.7. The van der Waals surface area contributed by atoms with Crippen LogP contribution in [0, 0.1) is 0 Å². The zero-order chi connectivity index (χ0) is 16.1. The van der Waals surface area contributed by atoms with Gasteiger partial charge in [-0.05, 0) is 33.3 Å². The Bertz CT molecular complexity index is 568. The van der Waals surface area contributed by atoms with Crippen molar-refractivity contribution in [3.05, 3.63) is 54.2 Å². The van der Waals surface area contributed by atoms with Crippen LogP contribution >= 0.6 is 0 Å². The van der Waals surface area contributed by atoms with Gasteiger partial charge in [0.05, 0.1) is 12.1 Å². The van der Waals surface area contributed by atoms with Gasteiger partial charge in [0.15, 0.2) is 6.39 Å². The molecule has 1 unspecified atom stereocenters. The third-order valence-electron chi connectivity index (χ3n) is 3.78. The van der Waals surface area contributed by atoms with Gasteiger partial charge in [0.1, 0.15) is 5.76 Å². The maximum Gasteiger partial charge on any atom is 0.224 e. The predicted octanol–water partition coefficient (Wildman–Crippen LogP) is 3.84. The fraction of sp³-hybridized carbons (Fsp3) is 0.444. The zero-order valence-corrected chi connectivity index (χ0v) is 13.7. The number of nitrogens with zero attached hydrogens (tertiary/aromatic N) is 2. The molecule has 1 aromatic carbocycles. The van der Waals surface area contributed by atoms with Gasteiger partial charge in [-0.3, -0.25) is 4.79 Å². The van der Waals surface area contributed by atoms with Gasteiger partial charge in [-0.15, -0.1) is 0 Å².